The highest BCUT2D eigenvalue weighted by Gasteiger charge is 2.32. The maximum Gasteiger partial charge on any atom is 0.416 e. The molecule has 0 aromatic heterocycles. The van der Waals surface area contributed by atoms with E-state index < -0.39 is 17.8 Å². The van der Waals surface area contributed by atoms with Gasteiger partial charge in [0, 0.05) is 10.2 Å². The van der Waals surface area contributed by atoms with Gasteiger partial charge in [-0.3, -0.25) is 0 Å². The van der Waals surface area contributed by atoms with Crippen molar-refractivity contribution < 1.29 is 18.3 Å². The Labute approximate surface area is 111 Å². The van der Waals surface area contributed by atoms with E-state index >= 15 is 0 Å². The van der Waals surface area contributed by atoms with E-state index in [1.54, 1.807) is 0 Å². The van der Waals surface area contributed by atoms with Crippen LogP contribution in [0, 0.1) is 0 Å². The molecule has 2 atom stereocenters. The van der Waals surface area contributed by atoms with Crippen molar-refractivity contribution in [2.24, 2.45) is 0 Å². The summed E-state index contributed by atoms with van der Waals surface area (Å²) >= 11 is 3.21. The third kappa shape index (κ3) is 2.98. The Balaban J connectivity index is 2.21. The number of nitrogens with one attached hydrogen (secondary N) is 1. The van der Waals surface area contributed by atoms with Gasteiger partial charge in [0.05, 0.1) is 17.7 Å². The molecule has 2 nitrogen and oxygen atoms in total. The van der Waals surface area contributed by atoms with Gasteiger partial charge in [0.15, 0.2) is 0 Å². The lowest BCUT2D eigenvalue weighted by Crippen LogP contribution is -2.28. The number of aliphatic hydroxyl groups is 1. The summed E-state index contributed by atoms with van der Waals surface area (Å²) in [6.07, 6.45) is -2.51. The number of aliphatic hydroxyl groups excluding tert-OH is 1. The molecule has 0 spiro atoms. The zero-order chi connectivity index (χ0) is 13.3. The summed E-state index contributed by atoms with van der Waals surface area (Å²) in [6, 6.07) is 3.28. The second kappa shape index (κ2) is 5.09. The molecule has 0 radical (unpaired) electrons. The molecule has 0 bridgehead atoms. The Hall–Kier alpha value is -0.750. The summed E-state index contributed by atoms with van der Waals surface area (Å²) in [7, 11) is 0. The first-order chi connectivity index (χ1) is 8.38. The van der Waals surface area contributed by atoms with Crippen LogP contribution in [0.15, 0.2) is 22.7 Å². The van der Waals surface area contributed by atoms with Crippen LogP contribution in [0.4, 0.5) is 18.9 Å². The van der Waals surface area contributed by atoms with Crippen LogP contribution in [-0.2, 0) is 6.18 Å². The summed E-state index contributed by atoms with van der Waals surface area (Å²) in [6.45, 7) is 0. The van der Waals surface area contributed by atoms with Gasteiger partial charge in [-0.2, -0.15) is 13.2 Å². The molecule has 0 amide bonds. The van der Waals surface area contributed by atoms with Crippen molar-refractivity contribution in [1.29, 1.82) is 0 Å². The van der Waals surface area contributed by atoms with Gasteiger partial charge in [-0.05, 0) is 53.4 Å². The van der Waals surface area contributed by atoms with E-state index in [1.807, 2.05) is 0 Å². The van der Waals surface area contributed by atoms with Crippen molar-refractivity contribution in [3.05, 3.63) is 28.2 Å². The van der Waals surface area contributed by atoms with Crippen molar-refractivity contribution in [2.45, 2.75) is 37.6 Å². The van der Waals surface area contributed by atoms with Crippen LogP contribution in [0.5, 0.6) is 0 Å². The van der Waals surface area contributed by atoms with Crippen LogP contribution >= 0.6 is 15.9 Å². The Morgan fingerprint density at radius 3 is 2.56 bits per heavy atom. The lowest BCUT2D eigenvalue weighted by Gasteiger charge is -2.20. The van der Waals surface area contributed by atoms with Gasteiger partial charge < -0.3 is 10.4 Å². The standard InChI is InChI=1S/C12H13BrF3NO/c13-8-5-4-7(12(14,15)16)6-10(8)17-9-2-1-3-11(9)18/h4-6,9,11,17-18H,1-3H2/t9-,11-/m1/s1. The molecule has 0 aliphatic heterocycles. The monoisotopic (exact) mass is 323 g/mol. The van der Waals surface area contributed by atoms with Gasteiger partial charge in [0.1, 0.15) is 0 Å². The SMILES string of the molecule is O[C@@H]1CCC[C@H]1Nc1cc(C(F)(F)F)ccc1Br. The van der Waals surface area contributed by atoms with E-state index in [2.05, 4.69) is 21.2 Å². The van der Waals surface area contributed by atoms with Gasteiger partial charge in [-0.15, -0.1) is 0 Å². The summed E-state index contributed by atoms with van der Waals surface area (Å²) < 4.78 is 38.4. The minimum absolute atomic E-state index is 0.176. The molecule has 18 heavy (non-hydrogen) atoms. The van der Waals surface area contributed by atoms with E-state index in [4.69, 9.17) is 0 Å². The van der Waals surface area contributed by atoms with Crippen LogP contribution in [0.1, 0.15) is 24.8 Å². The molecule has 1 aromatic carbocycles. The van der Waals surface area contributed by atoms with Crippen LogP contribution < -0.4 is 5.32 Å². The minimum atomic E-state index is -4.36. The molecule has 1 saturated carbocycles. The lowest BCUT2D eigenvalue weighted by molar-refractivity contribution is -0.137. The molecule has 0 unspecified atom stereocenters. The van der Waals surface area contributed by atoms with Gasteiger partial charge in [-0.25, -0.2) is 0 Å². The Bertz CT molecular complexity index is 436. The fourth-order valence-electron chi connectivity index (χ4n) is 2.12. The van der Waals surface area contributed by atoms with Gasteiger partial charge in [-0.1, -0.05) is 0 Å². The minimum Gasteiger partial charge on any atom is -0.391 e. The molecular formula is C12H13BrF3NO. The zero-order valence-corrected chi connectivity index (χ0v) is 11.1. The number of benzene rings is 1. The fraction of sp³-hybridized carbons (Fsp3) is 0.500. The van der Waals surface area contributed by atoms with E-state index in [9.17, 15) is 18.3 Å². The number of halogens is 4. The second-order valence-corrected chi connectivity index (χ2v) is 5.30. The topological polar surface area (TPSA) is 32.3 Å². The number of alkyl halides is 3. The van der Waals surface area contributed by atoms with Gasteiger partial charge in [0.2, 0.25) is 0 Å². The average molecular weight is 324 g/mol. The number of anilines is 1. The quantitative estimate of drug-likeness (QED) is 0.867. The maximum atomic E-state index is 12.6. The average Bonchev–Trinajstić information content (AvgIpc) is 2.66. The molecular weight excluding hydrogens is 311 g/mol. The molecule has 0 heterocycles. The first-order valence-electron chi connectivity index (χ1n) is 5.69. The highest BCUT2D eigenvalue weighted by atomic mass is 79.9. The van der Waals surface area contributed by atoms with E-state index in [0.717, 1.165) is 25.0 Å². The predicted octanol–water partition coefficient (Wildman–Crippen LogP) is 3.79. The first-order valence-corrected chi connectivity index (χ1v) is 6.48. The Morgan fingerprint density at radius 2 is 2.00 bits per heavy atom. The number of hydrogen-bond acceptors (Lipinski definition) is 2. The smallest absolute Gasteiger partial charge is 0.391 e. The van der Waals surface area contributed by atoms with Crippen molar-refractivity contribution >= 4 is 21.6 Å². The van der Waals surface area contributed by atoms with Crippen LogP contribution in [0.2, 0.25) is 0 Å². The summed E-state index contributed by atoms with van der Waals surface area (Å²) in [5.41, 5.74) is -0.323. The third-order valence-corrected chi connectivity index (χ3v) is 3.81. The molecule has 1 fully saturated rings. The van der Waals surface area contributed by atoms with Crippen molar-refractivity contribution in [2.75, 3.05) is 5.32 Å². The predicted molar refractivity (Wildman–Crippen MR) is 66.4 cm³/mol. The van der Waals surface area contributed by atoms with Crippen molar-refractivity contribution in [1.82, 2.24) is 0 Å². The zero-order valence-electron chi connectivity index (χ0n) is 9.47. The van der Waals surface area contributed by atoms with Gasteiger partial charge in [0.25, 0.3) is 0 Å². The number of rotatable bonds is 2. The van der Waals surface area contributed by atoms with Gasteiger partial charge >= 0.3 is 6.18 Å². The van der Waals surface area contributed by atoms with E-state index in [1.165, 1.54) is 6.07 Å². The molecule has 100 valence electrons. The van der Waals surface area contributed by atoms with E-state index in [-0.39, 0.29) is 6.04 Å². The largest absolute Gasteiger partial charge is 0.416 e. The lowest BCUT2D eigenvalue weighted by atomic mass is 10.1. The first kappa shape index (κ1) is 13.7. The highest BCUT2D eigenvalue weighted by Crippen LogP contribution is 2.35. The molecule has 1 aromatic rings. The molecule has 2 rings (SSSR count). The van der Waals surface area contributed by atoms with Crippen molar-refractivity contribution in [3.8, 4) is 0 Å². The van der Waals surface area contributed by atoms with Crippen LogP contribution in [0.25, 0.3) is 0 Å². The summed E-state index contributed by atoms with van der Waals surface area (Å²) in [4.78, 5) is 0. The Kier molecular flexibility index (Phi) is 3.87. The molecule has 6 heteroatoms. The maximum absolute atomic E-state index is 12.6. The van der Waals surface area contributed by atoms with Crippen molar-refractivity contribution in [3.63, 3.8) is 0 Å². The second-order valence-electron chi connectivity index (χ2n) is 4.44. The molecule has 1 aliphatic rings. The van der Waals surface area contributed by atoms with Crippen LogP contribution in [-0.4, -0.2) is 17.3 Å². The van der Waals surface area contributed by atoms with E-state index in [0.29, 0.717) is 16.6 Å². The normalized spacial score (nSPS) is 24.3. The fourth-order valence-corrected chi connectivity index (χ4v) is 2.48. The molecule has 2 N–H and O–H groups in total. The highest BCUT2D eigenvalue weighted by molar-refractivity contribution is 9.10. The van der Waals surface area contributed by atoms with Crippen LogP contribution in [0.3, 0.4) is 0 Å². The molecule has 1 aliphatic carbocycles. The summed E-state index contributed by atoms with van der Waals surface area (Å²) in [5.74, 6) is 0. The number of hydrogen-bond donors (Lipinski definition) is 2. The third-order valence-electron chi connectivity index (χ3n) is 3.11. The Morgan fingerprint density at radius 1 is 1.28 bits per heavy atom. The molecule has 0 saturated heterocycles. The summed E-state index contributed by atoms with van der Waals surface area (Å²) in [5, 5.41) is 12.6.